The van der Waals surface area contributed by atoms with Crippen LogP contribution in [-0.2, 0) is 0 Å². The standard InChI is InChI=1S/C7H4FIN2/c8-6-4-9-11-7-5(6)2-1-3-10-7/h1-4H. The van der Waals surface area contributed by atoms with Gasteiger partial charge < -0.3 is 0 Å². The Labute approximate surface area is 73.3 Å². The Kier molecular flexibility index (Phi) is 1.77. The van der Waals surface area contributed by atoms with Gasteiger partial charge in [0.2, 0.25) is 0 Å². The molecule has 0 bridgehead atoms. The van der Waals surface area contributed by atoms with Crippen LogP contribution in [0.2, 0.25) is 0 Å². The minimum Gasteiger partial charge on any atom is -0.236 e. The maximum absolute atomic E-state index is 13.0. The number of fused-ring (bicyclic) bond motifs is 1. The van der Waals surface area contributed by atoms with Crippen molar-refractivity contribution in [3.8, 4) is 0 Å². The third kappa shape index (κ3) is 1.22. The summed E-state index contributed by atoms with van der Waals surface area (Å²) in [6.07, 6.45) is 1.63. The number of nitrogens with zero attached hydrogens (tertiary/aromatic N) is 2. The highest BCUT2D eigenvalue weighted by Crippen LogP contribution is 2.34. The molecule has 0 atom stereocenters. The normalized spacial score (nSPS) is 14.8. The van der Waals surface area contributed by atoms with Crippen LogP contribution in [0.1, 0.15) is 5.56 Å². The van der Waals surface area contributed by atoms with Crippen molar-refractivity contribution in [3.05, 3.63) is 28.0 Å². The van der Waals surface area contributed by atoms with E-state index in [9.17, 15) is 4.39 Å². The van der Waals surface area contributed by atoms with Gasteiger partial charge in [-0.25, -0.2) is 12.5 Å². The number of halogens is 2. The first-order chi connectivity index (χ1) is 5.38. The van der Waals surface area contributed by atoms with Crippen LogP contribution in [0.15, 0.2) is 25.6 Å². The minimum absolute atomic E-state index is 0.170. The van der Waals surface area contributed by atoms with Crippen molar-refractivity contribution in [2.45, 2.75) is 0 Å². The molecule has 0 saturated heterocycles. The van der Waals surface area contributed by atoms with Crippen LogP contribution >= 0.6 is 21.0 Å². The van der Waals surface area contributed by atoms with Crippen LogP contribution in [0.3, 0.4) is 0 Å². The fraction of sp³-hybridized carbons (Fsp3) is 0. The van der Waals surface area contributed by atoms with E-state index < -0.39 is 21.0 Å². The second-order valence-electron chi connectivity index (χ2n) is 2.01. The van der Waals surface area contributed by atoms with E-state index in [1.165, 1.54) is 0 Å². The Hall–Kier alpha value is -0.650. The predicted octanol–water partition coefficient (Wildman–Crippen LogP) is 3.15. The van der Waals surface area contributed by atoms with E-state index in [0.717, 1.165) is 0 Å². The summed E-state index contributed by atoms with van der Waals surface area (Å²) in [5.74, 6) is 0.385. The second-order valence-corrected chi connectivity index (χ2v) is 3.68. The zero-order chi connectivity index (χ0) is 7.68. The van der Waals surface area contributed by atoms with Gasteiger partial charge in [-0.05, 0) is 12.1 Å². The average molecular weight is 262 g/mol. The van der Waals surface area contributed by atoms with Crippen LogP contribution in [0.4, 0.5) is 10.2 Å². The first kappa shape index (κ1) is 7.02. The van der Waals surface area contributed by atoms with Gasteiger partial charge in [0.15, 0.2) is 5.82 Å². The zero-order valence-corrected chi connectivity index (χ0v) is 7.62. The van der Waals surface area contributed by atoms with Gasteiger partial charge in [0.25, 0.3) is 0 Å². The summed E-state index contributed by atoms with van der Waals surface area (Å²) in [5, 5.41) is 0. The van der Waals surface area contributed by atoms with Crippen LogP contribution in [0.5, 0.6) is 0 Å². The molecular weight excluding hydrogens is 258 g/mol. The molecule has 0 aromatic carbocycles. The molecule has 11 heavy (non-hydrogen) atoms. The molecule has 0 spiro atoms. The lowest BCUT2D eigenvalue weighted by atomic mass is 10.2. The van der Waals surface area contributed by atoms with E-state index in [4.69, 9.17) is 0 Å². The minimum atomic E-state index is -0.489. The number of hydrogen-bond acceptors (Lipinski definition) is 2. The van der Waals surface area contributed by atoms with Gasteiger partial charge in [-0.1, -0.05) is 0 Å². The lowest BCUT2D eigenvalue weighted by Crippen LogP contribution is -1.82. The van der Waals surface area contributed by atoms with Gasteiger partial charge in [-0.15, -0.1) is 0 Å². The fourth-order valence-corrected chi connectivity index (χ4v) is 2.19. The Balaban J connectivity index is 2.67. The van der Waals surface area contributed by atoms with E-state index in [0.29, 0.717) is 11.4 Å². The summed E-state index contributed by atoms with van der Waals surface area (Å²) in [6.45, 7) is 0. The molecule has 0 unspecified atom stereocenters. The molecule has 0 amide bonds. The predicted molar refractivity (Wildman–Crippen MR) is 49.4 cm³/mol. The molecule has 2 rings (SSSR count). The highest BCUT2D eigenvalue weighted by molar-refractivity contribution is 14.2. The molecule has 0 aliphatic carbocycles. The summed E-state index contributed by atoms with van der Waals surface area (Å²) in [5.41, 5.74) is 0.526. The summed E-state index contributed by atoms with van der Waals surface area (Å²) in [4.78, 5) is 3.95. The molecule has 1 aromatic rings. The maximum atomic E-state index is 13.0. The number of hydrogen-bond donors (Lipinski definition) is 0. The van der Waals surface area contributed by atoms with Crippen molar-refractivity contribution in [3.63, 3.8) is 0 Å². The van der Waals surface area contributed by atoms with Crippen LogP contribution < -0.4 is 0 Å². The van der Waals surface area contributed by atoms with Crippen molar-refractivity contribution in [2.75, 3.05) is 0 Å². The van der Waals surface area contributed by atoms with E-state index in [-0.39, 0.29) is 5.83 Å². The van der Waals surface area contributed by atoms with Gasteiger partial charge in [-0.2, -0.15) is 0 Å². The lowest BCUT2D eigenvalue weighted by molar-refractivity contribution is 0.762. The summed E-state index contributed by atoms with van der Waals surface area (Å²) in [7, 11) is 0. The van der Waals surface area contributed by atoms with Crippen molar-refractivity contribution in [2.24, 2.45) is 3.15 Å². The van der Waals surface area contributed by atoms with Crippen molar-refractivity contribution in [1.82, 2.24) is 4.98 Å². The lowest BCUT2D eigenvalue weighted by Gasteiger charge is -2.02. The van der Waals surface area contributed by atoms with E-state index in [1.807, 2.05) is 0 Å². The molecule has 1 aromatic heterocycles. The molecule has 1 aliphatic rings. The summed E-state index contributed by atoms with van der Waals surface area (Å²) >= 11 is -0.489. The van der Waals surface area contributed by atoms with E-state index in [1.54, 1.807) is 22.4 Å². The smallest absolute Gasteiger partial charge is 0.167 e. The molecule has 2 heterocycles. The Morgan fingerprint density at radius 2 is 2.36 bits per heavy atom. The molecule has 1 aliphatic heterocycles. The molecule has 0 N–H and O–H groups in total. The second kappa shape index (κ2) is 2.77. The van der Waals surface area contributed by atoms with Gasteiger partial charge >= 0.3 is 0 Å². The quantitative estimate of drug-likeness (QED) is 0.659. The molecule has 0 saturated carbocycles. The van der Waals surface area contributed by atoms with Crippen molar-refractivity contribution in [1.29, 1.82) is 0 Å². The first-order valence-corrected chi connectivity index (χ1v) is 5.24. The molecule has 56 valence electrons. The molecule has 4 heteroatoms. The number of pyridine rings is 1. The topological polar surface area (TPSA) is 25.2 Å². The third-order valence-electron chi connectivity index (χ3n) is 1.32. The molecule has 0 fully saturated rings. The maximum Gasteiger partial charge on any atom is 0.167 e. The van der Waals surface area contributed by atoms with Crippen LogP contribution in [0.25, 0.3) is 5.83 Å². The Morgan fingerprint density at radius 1 is 1.45 bits per heavy atom. The van der Waals surface area contributed by atoms with Gasteiger partial charge in [0, 0.05) is 31.3 Å². The Bertz CT molecular complexity index is 346. The third-order valence-corrected chi connectivity index (χ3v) is 2.88. The zero-order valence-electron chi connectivity index (χ0n) is 5.46. The highest BCUT2D eigenvalue weighted by atomic mass is 127. The van der Waals surface area contributed by atoms with Crippen LogP contribution in [0, 0.1) is 0 Å². The monoisotopic (exact) mass is 262 g/mol. The Morgan fingerprint density at radius 3 is 3.18 bits per heavy atom. The largest absolute Gasteiger partial charge is 0.236 e. The molecular formula is C7H4FIN2. The SMILES string of the molecule is FC1=CI=Nc2ncccc21. The number of aromatic nitrogens is 1. The summed E-state index contributed by atoms with van der Waals surface area (Å²) < 4.78 is 18.6. The van der Waals surface area contributed by atoms with Crippen molar-refractivity contribution >= 4 is 32.7 Å². The summed E-state index contributed by atoms with van der Waals surface area (Å²) in [6, 6.07) is 3.41. The molecule has 2 nitrogen and oxygen atoms in total. The van der Waals surface area contributed by atoms with E-state index >= 15 is 0 Å². The first-order valence-electron chi connectivity index (χ1n) is 3.03. The van der Waals surface area contributed by atoms with Crippen LogP contribution in [-0.4, -0.2) is 4.98 Å². The average Bonchev–Trinajstić information content (AvgIpc) is 2.06. The van der Waals surface area contributed by atoms with Gasteiger partial charge in [0.05, 0.1) is 5.56 Å². The van der Waals surface area contributed by atoms with E-state index in [2.05, 4.69) is 8.13 Å². The van der Waals surface area contributed by atoms with Crippen molar-refractivity contribution < 1.29 is 4.39 Å². The molecule has 0 radical (unpaired) electrons. The van der Waals surface area contributed by atoms with Gasteiger partial charge in [-0.3, -0.25) is 0 Å². The highest BCUT2D eigenvalue weighted by Gasteiger charge is 2.09. The number of rotatable bonds is 0. The fourth-order valence-electron chi connectivity index (χ4n) is 0.823. The van der Waals surface area contributed by atoms with Gasteiger partial charge in [0.1, 0.15) is 5.83 Å².